The van der Waals surface area contributed by atoms with Crippen LogP contribution < -0.4 is 9.64 Å². The van der Waals surface area contributed by atoms with Gasteiger partial charge in [0.25, 0.3) is 5.69 Å². The van der Waals surface area contributed by atoms with Gasteiger partial charge in [-0.05, 0) is 25.1 Å². The van der Waals surface area contributed by atoms with Crippen LogP contribution in [0, 0.1) is 10.1 Å². The molecule has 0 aliphatic carbocycles. The van der Waals surface area contributed by atoms with Crippen molar-refractivity contribution in [2.45, 2.75) is 6.42 Å². The molecule has 1 N–H and O–H groups in total. The van der Waals surface area contributed by atoms with E-state index in [1.165, 1.54) is 13.2 Å². The summed E-state index contributed by atoms with van der Waals surface area (Å²) >= 11 is 0. The lowest BCUT2D eigenvalue weighted by Gasteiger charge is -2.23. The second kappa shape index (κ2) is 7.24. The number of aliphatic hydroxyl groups is 1. The van der Waals surface area contributed by atoms with Gasteiger partial charge in [0.15, 0.2) is 0 Å². The lowest BCUT2D eigenvalue weighted by Crippen LogP contribution is -2.32. The molecule has 1 heterocycles. The fourth-order valence-electron chi connectivity index (χ4n) is 2.62. The summed E-state index contributed by atoms with van der Waals surface area (Å²) < 4.78 is 5.06. The van der Waals surface area contributed by atoms with E-state index < -0.39 is 0 Å². The van der Waals surface area contributed by atoms with Gasteiger partial charge < -0.3 is 14.7 Å². The van der Waals surface area contributed by atoms with E-state index in [-0.39, 0.29) is 17.2 Å². The van der Waals surface area contributed by atoms with Crippen LogP contribution in [0.5, 0.6) is 5.75 Å². The number of benzene rings is 1. The molecule has 0 bridgehead atoms. The van der Waals surface area contributed by atoms with Crippen molar-refractivity contribution in [1.29, 1.82) is 0 Å². The van der Waals surface area contributed by atoms with Crippen molar-refractivity contribution < 1.29 is 14.8 Å². The molecule has 21 heavy (non-hydrogen) atoms. The number of methoxy groups -OCH3 is 1. The molecule has 1 aliphatic rings. The summed E-state index contributed by atoms with van der Waals surface area (Å²) in [6, 6.07) is 4.96. The summed E-state index contributed by atoms with van der Waals surface area (Å²) in [4.78, 5) is 15.1. The van der Waals surface area contributed by atoms with Crippen molar-refractivity contribution in [2.24, 2.45) is 0 Å². The number of aliphatic hydroxyl groups excluding tert-OH is 1. The molecule has 0 aromatic heterocycles. The topological polar surface area (TPSA) is 79.1 Å². The zero-order valence-electron chi connectivity index (χ0n) is 12.2. The van der Waals surface area contributed by atoms with Crippen molar-refractivity contribution >= 4 is 11.4 Å². The van der Waals surface area contributed by atoms with Gasteiger partial charge in [-0.2, -0.15) is 0 Å². The van der Waals surface area contributed by atoms with Gasteiger partial charge in [-0.1, -0.05) is 0 Å². The minimum Gasteiger partial charge on any atom is -0.496 e. The van der Waals surface area contributed by atoms with E-state index in [2.05, 4.69) is 4.90 Å². The Labute approximate surface area is 123 Å². The molecule has 1 aromatic rings. The Bertz CT molecular complexity index is 495. The Morgan fingerprint density at radius 1 is 1.33 bits per heavy atom. The van der Waals surface area contributed by atoms with Crippen LogP contribution >= 0.6 is 0 Å². The molecule has 0 spiro atoms. The minimum atomic E-state index is -0.367. The monoisotopic (exact) mass is 295 g/mol. The second-order valence-corrected chi connectivity index (χ2v) is 5.02. The van der Waals surface area contributed by atoms with Gasteiger partial charge in [-0.25, -0.2) is 0 Å². The summed E-state index contributed by atoms with van der Waals surface area (Å²) in [5.74, 6) is 0.488. The standard InChI is InChI=1S/C14H21N3O4/c1-21-12-3-4-13(14(11-12)17(19)20)16-6-2-5-15(7-8-16)9-10-18/h3-4,11,18H,2,5-10H2,1H3. The molecular formula is C14H21N3O4. The second-order valence-electron chi connectivity index (χ2n) is 5.02. The molecule has 0 saturated carbocycles. The van der Waals surface area contributed by atoms with Crippen molar-refractivity contribution in [3.63, 3.8) is 0 Å². The predicted molar refractivity (Wildman–Crippen MR) is 80.0 cm³/mol. The smallest absolute Gasteiger partial charge is 0.296 e. The molecule has 0 atom stereocenters. The highest BCUT2D eigenvalue weighted by Crippen LogP contribution is 2.32. The highest BCUT2D eigenvalue weighted by Gasteiger charge is 2.22. The molecular weight excluding hydrogens is 274 g/mol. The number of hydrogen-bond donors (Lipinski definition) is 1. The first-order chi connectivity index (χ1) is 10.2. The summed E-state index contributed by atoms with van der Waals surface area (Å²) in [6.45, 7) is 3.98. The van der Waals surface area contributed by atoms with Gasteiger partial charge in [0.05, 0.1) is 24.7 Å². The molecule has 1 aromatic carbocycles. The first-order valence-electron chi connectivity index (χ1n) is 7.06. The van der Waals surface area contributed by atoms with Crippen LogP contribution in [0.25, 0.3) is 0 Å². The summed E-state index contributed by atoms with van der Waals surface area (Å²) in [7, 11) is 1.50. The number of ether oxygens (including phenoxy) is 1. The van der Waals surface area contributed by atoms with Crippen molar-refractivity contribution in [3.05, 3.63) is 28.3 Å². The number of nitrogens with zero attached hydrogens (tertiary/aromatic N) is 3. The van der Waals surface area contributed by atoms with Gasteiger partial charge in [-0.15, -0.1) is 0 Å². The maximum Gasteiger partial charge on any atom is 0.296 e. The highest BCUT2D eigenvalue weighted by atomic mass is 16.6. The van der Waals surface area contributed by atoms with E-state index in [1.54, 1.807) is 12.1 Å². The van der Waals surface area contributed by atoms with E-state index in [0.29, 0.717) is 24.5 Å². The molecule has 0 amide bonds. The molecule has 1 saturated heterocycles. The van der Waals surface area contributed by atoms with Crippen LogP contribution in [0.15, 0.2) is 18.2 Å². The van der Waals surface area contributed by atoms with Crippen molar-refractivity contribution in [2.75, 3.05) is 51.3 Å². The molecule has 1 fully saturated rings. The van der Waals surface area contributed by atoms with E-state index in [9.17, 15) is 10.1 Å². The Morgan fingerprint density at radius 3 is 2.81 bits per heavy atom. The van der Waals surface area contributed by atoms with Gasteiger partial charge in [0, 0.05) is 26.2 Å². The summed E-state index contributed by atoms with van der Waals surface area (Å²) in [5.41, 5.74) is 0.705. The fraction of sp³-hybridized carbons (Fsp3) is 0.571. The summed E-state index contributed by atoms with van der Waals surface area (Å²) in [6.07, 6.45) is 0.920. The quantitative estimate of drug-likeness (QED) is 0.647. The number of nitro benzene ring substituents is 1. The van der Waals surface area contributed by atoms with Gasteiger partial charge in [0.1, 0.15) is 11.4 Å². The van der Waals surface area contributed by atoms with E-state index in [1.807, 2.05) is 4.90 Å². The lowest BCUT2D eigenvalue weighted by molar-refractivity contribution is -0.384. The Balaban J connectivity index is 2.19. The Kier molecular flexibility index (Phi) is 5.35. The van der Waals surface area contributed by atoms with Crippen molar-refractivity contribution in [1.82, 2.24) is 4.90 Å². The van der Waals surface area contributed by atoms with Gasteiger partial charge in [-0.3, -0.25) is 15.0 Å². The zero-order chi connectivity index (χ0) is 15.2. The summed E-state index contributed by atoms with van der Waals surface area (Å²) in [5, 5.41) is 20.3. The Morgan fingerprint density at radius 2 is 2.14 bits per heavy atom. The minimum absolute atomic E-state index is 0.0740. The third-order valence-electron chi connectivity index (χ3n) is 3.72. The fourth-order valence-corrected chi connectivity index (χ4v) is 2.62. The van der Waals surface area contributed by atoms with Crippen LogP contribution in [0.2, 0.25) is 0 Å². The number of anilines is 1. The number of nitro groups is 1. The molecule has 1 aliphatic heterocycles. The maximum atomic E-state index is 11.3. The SMILES string of the molecule is COc1ccc(N2CCCN(CCO)CC2)c([N+](=O)[O-])c1. The van der Waals surface area contributed by atoms with Gasteiger partial charge in [0.2, 0.25) is 0 Å². The van der Waals surface area contributed by atoms with Crippen LogP contribution in [-0.2, 0) is 0 Å². The lowest BCUT2D eigenvalue weighted by atomic mass is 10.2. The van der Waals surface area contributed by atoms with E-state index >= 15 is 0 Å². The highest BCUT2D eigenvalue weighted by molar-refractivity contribution is 5.65. The zero-order valence-corrected chi connectivity index (χ0v) is 12.2. The normalized spacial score (nSPS) is 16.6. The number of β-amino-alcohol motifs (C(OH)–C–C–N with tert-alkyl or cyclic N) is 1. The van der Waals surface area contributed by atoms with E-state index in [0.717, 1.165) is 26.1 Å². The van der Waals surface area contributed by atoms with Crippen molar-refractivity contribution in [3.8, 4) is 5.75 Å². The van der Waals surface area contributed by atoms with Gasteiger partial charge >= 0.3 is 0 Å². The maximum absolute atomic E-state index is 11.3. The average molecular weight is 295 g/mol. The third kappa shape index (κ3) is 3.83. The number of rotatable bonds is 5. The third-order valence-corrected chi connectivity index (χ3v) is 3.72. The van der Waals surface area contributed by atoms with Crippen LogP contribution in [0.1, 0.15) is 6.42 Å². The van der Waals surface area contributed by atoms with Crippen LogP contribution in [0.3, 0.4) is 0 Å². The first-order valence-corrected chi connectivity index (χ1v) is 7.06. The molecule has 0 radical (unpaired) electrons. The van der Waals surface area contributed by atoms with Crippen LogP contribution in [0.4, 0.5) is 11.4 Å². The molecule has 7 nitrogen and oxygen atoms in total. The van der Waals surface area contributed by atoms with Crippen LogP contribution in [-0.4, -0.2) is 61.4 Å². The molecule has 0 unspecified atom stereocenters. The molecule has 116 valence electrons. The average Bonchev–Trinajstić information content (AvgIpc) is 2.72. The predicted octanol–water partition coefficient (Wildman–Crippen LogP) is 1.11. The largest absolute Gasteiger partial charge is 0.496 e. The first kappa shape index (κ1) is 15.5. The molecule has 2 rings (SSSR count). The number of hydrogen-bond acceptors (Lipinski definition) is 6. The molecule has 7 heteroatoms. The Hall–Kier alpha value is -1.86. The van der Waals surface area contributed by atoms with E-state index in [4.69, 9.17) is 9.84 Å².